The van der Waals surface area contributed by atoms with Crippen molar-refractivity contribution in [3.05, 3.63) is 17.8 Å². The maximum Gasteiger partial charge on any atom is 0.435 e. The maximum atomic E-state index is 12.4. The van der Waals surface area contributed by atoms with E-state index in [1.807, 2.05) is 13.8 Å². The van der Waals surface area contributed by atoms with Gasteiger partial charge in [-0.3, -0.25) is 4.79 Å². The van der Waals surface area contributed by atoms with Gasteiger partial charge in [-0.1, -0.05) is 13.8 Å². The molecular weight excluding hydrogens is 361 g/mol. The van der Waals surface area contributed by atoms with E-state index in [-0.39, 0.29) is 36.2 Å². The summed E-state index contributed by atoms with van der Waals surface area (Å²) in [5.74, 6) is 0.0262. The van der Waals surface area contributed by atoms with Gasteiger partial charge in [0.25, 0.3) is 0 Å². The van der Waals surface area contributed by atoms with Gasteiger partial charge in [0, 0.05) is 32.0 Å². The summed E-state index contributed by atoms with van der Waals surface area (Å²) in [6, 6.07) is 1.47. The van der Waals surface area contributed by atoms with E-state index in [0.29, 0.717) is 25.9 Å². The van der Waals surface area contributed by atoms with Gasteiger partial charge in [0.15, 0.2) is 5.69 Å². The zero-order chi connectivity index (χ0) is 17.9. The average Bonchev–Trinajstić information content (AvgIpc) is 2.54. The third-order valence-electron chi connectivity index (χ3n) is 3.97. The van der Waals surface area contributed by atoms with Crippen molar-refractivity contribution in [2.45, 2.75) is 45.0 Å². The van der Waals surface area contributed by atoms with E-state index in [4.69, 9.17) is 10.5 Å². The topological polar surface area (TPSA) is 81.3 Å². The molecule has 0 spiro atoms. The number of likely N-dealkylation sites (tertiary alicyclic amines) is 1. The lowest BCUT2D eigenvalue weighted by Gasteiger charge is -2.34. The van der Waals surface area contributed by atoms with Gasteiger partial charge in [0.2, 0.25) is 11.8 Å². The predicted molar refractivity (Wildman–Crippen MR) is 87.3 cm³/mol. The Morgan fingerprint density at radius 2 is 1.88 bits per heavy atom. The number of aromatic nitrogens is 2. The average molecular weight is 383 g/mol. The van der Waals surface area contributed by atoms with Gasteiger partial charge in [0.1, 0.15) is 6.10 Å². The Labute approximate surface area is 150 Å². The number of alkyl halides is 3. The van der Waals surface area contributed by atoms with Crippen LogP contribution in [0.2, 0.25) is 0 Å². The van der Waals surface area contributed by atoms with Crippen LogP contribution in [0.3, 0.4) is 0 Å². The van der Waals surface area contributed by atoms with Gasteiger partial charge in [-0.05, 0) is 12.0 Å². The van der Waals surface area contributed by atoms with Crippen LogP contribution < -0.4 is 10.5 Å². The summed E-state index contributed by atoms with van der Waals surface area (Å²) in [6.45, 7) is 4.78. The minimum absolute atomic E-state index is 0. The molecule has 2 N–H and O–H groups in total. The third kappa shape index (κ3) is 5.71. The number of hydrogen-bond acceptors (Lipinski definition) is 5. The van der Waals surface area contributed by atoms with Crippen molar-refractivity contribution in [1.82, 2.24) is 15.1 Å². The molecule has 0 bridgehead atoms. The lowest BCUT2D eigenvalue weighted by atomic mass is 10.0. The van der Waals surface area contributed by atoms with Crippen LogP contribution in [0.5, 0.6) is 5.88 Å². The number of nitrogens with two attached hydrogens (primary N) is 1. The molecule has 25 heavy (non-hydrogen) atoms. The molecule has 6 nitrogen and oxygen atoms in total. The zero-order valence-electron chi connectivity index (χ0n) is 14.0. The molecule has 10 heteroatoms. The minimum Gasteiger partial charge on any atom is -0.473 e. The first-order valence-electron chi connectivity index (χ1n) is 7.80. The molecule has 1 aromatic rings. The van der Waals surface area contributed by atoms with E-state index >= 15 is 0 Å². The number of piperidine rings is 1. The van der Waals surface area contributed by atoms with Gasteiger partial charge in [-0.15, -0.1) is 22.6 Å². The number of rotatable bonds is 4. The fraction of sp³-hybridized carbons (Fsp3) is 0.667. The number of hydrogen-bond donors (Lipinski definition) is 1. The summed E-state index contributed by atoms with van der Waals surface area (Å²) in [6.07, 6.45) is -3.60. The van der Waals surface area contributed by atoms with Crippen molar-refractivity contribution in [3.8, 4) is 5.88 Å². The molecule has 0 unspecified atom stereocenters. The van der Waals surface area contributed by atoms with Gasteiger partial charge < -0.3 is 15.4 Å². The summed E-state index contributed by atoms with van der Waals surface area (Å²) in [4.78, 5) is 13.9. The van der Waals surface area contributed by atoms with Gasteiger partial charge in [-0.2, -0.15) is 13.2 Å². The first-order chi connectivity index (χ1) is 11.2. The van der Waals surface area contributed by atoms with Crippen LogP contribution in [0.25, 0.3) is 0 Å². The summed E-state index contributed by atoms with van der Waals surface area (Å²) < 4.78 is 42.8. The minimum atomic E-state index is -4.52. The molecule has 2 heterocycles. The summed E-state index contributed by atoms with van der Waals surface area (Å²) in [7, 11) is 0. The molecule has 1 saturated heterocycles. The highest BCUT2D eigenvalue weighted by Crippen LogP contribution is 2.27. The number of carbonyl (C=O) groups excluding carboxylic acids is 1. The number of amides is 1. The van der Waals surface area contributed by atoms with Crippen LogP contribution in [-0.2, 0) is 11.0 Å². The van der Waals surface area contributed by atoms with Crippen molar-refractivity contribution >= 4 is 18.3 Å². The van der Waals surface area contributed by atoms with Crippen molar-refractivity contribution in [2.75, 3.05) is 13.1 Å². The van der Waals surface area contributed by atoms with E-state index in [2.05, 4.69) is 10.2 Å². The maximum absolute atomic E-state index is 12.4. The van der Waals surface area contributed by atoms with E-state index in [1.54, 1.807) is 4.90 Å². The first-order valence-corrected chi connectivity index (χ1v) is 7.80. The van der Waals surface area contributed by atoms with Crippen LogP contribution in [0.1, 0.15) is 32.4 Å². The number of ether oxygens (including phenoxy) is 1. The van der Waals surface area contributed by atoms with Crippen LogP contribution in [0.4, 0.5) is 13.2 Å². The third-order valence-corrected chi connectivity index (χ3v) is 3.97. The Balaban J connectivity index is 0.00000312. The molecule has 0 saturated carbocycles. The largest absolute Gasteiger partial charge is 0.473 e. The monoisotopic (exact) mass is 382 g/mol. The standard InChI is InChI=1S/C15H21F3N4O2.ClH/c1-9(2)13(19)14(23)22-7-5-10(6-8-22)24-12-4-3-11(20-21-12)15(16,17)18;/h3-4,9-10,13H,5-8,19H2,1-2H3;1H/t13-;/m0./s1. The Morgan fingerprint density at radius 1 is 1.28 bits per heavy atom. The summed E-state index contributed by atoms with van der Waals surface area (Å²) in [5.41, 5.74) is 4.81. The van der Waals surface area contributed by atoms with Crippen molar-refractivity contribution < 1.29 is 22.7 Å². The molecule has 1 amide bonds. The molecule has 142 valence electrons. The molecule has 1 aromatic heterocycles. The molecule has 1 fully saturated rings. The molecule has 0 radical (unpaired) electrons. The lowest BCUT2D eigenvalue weighted by molar-refractivity contribution is -0.141. The predicted octanol–water partition coefficient (Wildman–Crippen LogP) is 2.27. The summed E-state index contributed by atoms with van der Waals surface area (Å²) >= 11 is 0. The lowest BCUT2D eigenvalue weighted by Crippen LogP contribution is -2.50. The van der Waals surface area contributed by atoms with E-state index in [9.17, 15) is 18.0 Å². The van der Waals surface area contributed by atoms with E-state index in [0.717, 1.165) is 12.1 Å². The highest BCUT2D eigenvalue weighted by atomic mass is 35.5. The SMILES string of the molecule is CC(C)[C@H](N)C(=O)N1CCC(Oc2ccc(C(F)(F)F)nn2)CC1.Cl. The van der Waals surface area contributed by atoms with Crippen molar-refractivity contribution in [3.63, 3.8) is 0 Å². The van der Waals surface area contributed by atoms with Crippen molar-refractivity contribution in [1.29, 1.82) is 0 Å². The molecule has 1 atom stereocenters. The van der Waals surface area contributed by atoms with E-state index < -0.39 is 17.9 Å². The normalized spacial score (nSPS) is 17.2. The van der Waals surface area contributed by atoms with Crippen LogP contribution in [0, 0.1) is 5.92 Å². The number of carbonyl (C=O) groups is 1. The fourth-order valence-electron chi connectivity index (χ4n) is 2.39. The Kier molecular flexibility index (Phi) is 7.43. The quantitative estimate of drug-likeness (QED) is 0.863. The van der Waals surface area contributed by atoms with Crippen LogP contribution in [-0.4, -0.2) is 46.2 Å². The molecular formula is C15H22ClF3N4O2. The van der Waals surface area contributed by atoms with E-state index in [1.165, 1.54) is 0 Å². The van der Waals surface area contributed by atoms with Gasteiger partial charge in [0.05, 0.1) is 6.04 Å². The molecule has 2 rings (SSSR count). The van der Waals surface area contributed by atoms with Crippen LogP contribution >= 0.6 is 12.4 Å². The molecule has 0 aromatic carbocycles. The Bertz CT molecular complexity index is 561. The highest BCUT2D eigenvalue weighted by molar-refractivity contribution is 5.85. The molecule has 1 aliphatic rings. The number of nitrogens with zero attached hydrogens (tertiary/aromatic N) is 3. The molecule has 1 aliphatic heterocycles. The van der Waals surface area contributed by atoms with Gasteiger partial charge >= 0.3 is 6.18 Å². The van der Waals surface area contributed by atoms with Gasteiger partial charge in [-0.25, -0.2) is 0 Å². The second kappa shape index (κ2) is 8.66. The summed E-state index contributed by atoms with van der Waals surface area (Å²) in [5, 5.41) is 6.57. The first kappa shape index (κ1) is 21.4. The molecule has 0 aliphatic carbocycles. The second-order valence-corrected chi connectivity index (χ2v) is 6.17. The Hall–Kier alpha value is -1.61. The second-order valence-electron chi connectivity index (χ2n) is 6.17. The highest BCUT2D eigenvalue weighted by Gasteiger charge is 2.33. The Morgan fingerprint density at radius 3 is 2.32 bits per heavy atom. The van der Waals surface area contributed by atoms with Crippen LogP contribution in [0.15, 0.2) is 12.1 Å². The zero-order valence-corrected chi connectivity index (χ0v) is 14.8. The smallest absolute Gasteiger partial charge is 0.435 e. The fourth-order valence-corrected chi connectivity index (χ4v) is 2.39. The van der Waals surface area contributed by atoms with Crippen molar-refractivity contribution in [2.24, 2.45) is 11.7 Å². The number of halogens is 4.